The lowest BCUT2D eigenvalue weighted by Gasteiger charge is -2.30. The Morgan fingerprint density at radius 2 is 2.10 bits per heavy atom. The summed E-state index contributed by atoms with van der Waals surface area (Å²) in [5.74, 6) is -1.55. The first-order chi connectivity index (χ1) is 19.2. The van der Waals surface area contributed by atoms with Crippen molar-refractivity contribution >= 4 is 29.6 Å². The fourth-order valence-corrected chi connectivity index (χ4v) is 5.52. The number of nitrogens with zero attached hydrogens (tertiary/aromatic N) is 4. The van der Waals surface area contributed by atoms with Crippen LogP contribution >= 0.6 is 11.6 Å². The van der Waals surface area contributed by atoms with Crippen LogP contribution < -0.4 is 5.32 Å². The normalized spacial score (nSPS) is 24.5. The van der Waals surface area contributed by atoms with Gasteiger partial charge >= 0.3 is 0 Å². The predicted octanol–water partition coefficient (Wildman–Crippen LogP) is 4.72. The van der Waals surface area contributed by atoms with Crippen LogP contribution in [0.1, 0.15) is 74.2 Å². The highest BCUT2D eigenvalue weighted by molar-refractivity contribution is 6.30. The second-order valence-corrected chi connectivity index (χ2v) is 11.1. The molecule has 2 aromatic rings. The van der Waals surface area contributed by atoms with Crippen molar-refractivity contribution in [1.29, 1.82) is 0 Å². The lowest BCUT2D eigenvalue weighted by molar-refractivity contribution is -0.125. The molecule has 2 amide bonds. The Kier molecular flexibility index (Phi) is 8.14. The van der Waals surface area contributed by atoms with Gasteiger partial charge in [0.2, 0.25) is 5.91 Å². The molecule has 2 aromatic heterocycles. The number of aliphatic hydroxyl groups excluding tert-OH is 1. The van der Waals surface area contributed by atoms with E-state index in [9.17, 15) is 23.5 Å². The maximum absolute atomic E-state index is 14.5. The largest absolute Gasteiger partial charge is 0.387 e. The zero-order valence-corrected chi connectivity index (χ0v) is 22.8. The van der Waals surface area contributed by atoms with Crippen molar-refractivity contribution in [2.45, 2.75) is 63.5 Å². The Bertz CT molecular complexity index is 1400. The van der Waals surface area contributed by atoms with Crippen molar-refractivity contribution in [1.82, 2.24) is 25.4 Å². The highest BCUT2D eigenvalue weighted by Crippen LogP contribution is 2.49. The summed E-state index contributed by atoms with van der Waals surface area (Å²) in [6.45, 7) is 2.17. The summed E-state index contributed by atoms with van der Waals surface area (Å²) in [4.78, 5) is 36.7. The number of H-pyrrole nitrogens is 1. The number of allylic oxidation sites excluding steroid dienone is 3. The number of pyridine rings is 1. The zero-order valence-electron chi connectivity index (χ0n) is 22.1. The molecule has 9 nitrogen and oxygen atoms in total. The van der Waals surface area contributed by atoms with E-state index in [4.69, 9.17) is 11.6 Å². The topological polar surface area (TPSA) is 124 Å². The fraction of sp³-hybridized carbons (Fsp3) is 0.464. The molecule has 12 heteroatoms. The number of hydrogen-bond acceptors (Lipinski definition) is 6. The van der Waals surface area contributed by atoms with E-state index < -0.39 is 17.5 Å². The van der Waals surface area contributed by atoms with Crippen LogP contribution in [0.4, 0.5) is 8.78 Å². The third-order valence-electron chi connectivity index (χ3n) is 7.74. The van der Waals surface area contributed by atoms with Crippen LogP contribution in [0.15, 0.2) is 46.0 Å². The van der Waals surface area contributed by atoms with Gasteiger partial charge in [0.05, 0.1) is 35.9 Å². The van der Waals surface area contributed by atoms with Crippen LogP contribution in [0.25, 0.3) is 11.3 Å². The van der Waals surface area contributed by atoms with E-state index in [0.717, 1.165) is 19.0 Å². The van der Waals surface area contributed by atoms with E-state index in [2.05, 4.69) is 25.5 Å². The molecule has 40 heavy (non-hydrogen) atoms. The Morgan fingerprint density at radius 1 is 1.30 bits per heavy atom. The van der Waals surface area contributed by atoms with E-state index in [0.29, 0.717) is 42.2 Å². The lowest BCUT2D eigenvalue weighted by Crippen LogP contribution is -2.43. The number of aromatic nitrogens is 3. The Labute approximate surface area is 235 Å². The van der Waals surface area contributed by atoms with Crippen LogP contribution in [0.2, 0.25) is 0 Å². The van der Waals surface area contributed by atoms with Gasteiger partial charge in [0, 0.05) is 47.7 Å². The van der Waals surface area contributed by atoms with Crippen LogP contribution in [-0.2, 0) is 4.79 Å². The number of likely N-dealkylation sites (tertiary alicyclic amines) is 1. The molecule has 2 atom stereocenters. The number of carbonyl (C=O) groups excluding carboxylic acids is 2. The molecule has 1 spiro atoms. The summed E-state index contributed by atoms with van der Waals surface area (Å²) >= 11 is 6.27. The minimum atomic E-state index is -0.878. The monoisotopic (exact) mass is 572 g/mol. The van der Waals surface area contributed by atoms with E-state index in [-0.39, 0.29) is 59.9 Å². The van der Waals surface area contributed by atoms with Gasteiger partial charge in [-0.2, -0.15) is 5.10 Å². The van der Waals surface area contributed by atoms with E-state index in [1.165, 1.54) is 31.3 Å². The molecule has 212 valence electrons. The number of halogens is 3. The number of carbonyl (C=O) groups is 2. The van der Waals surface area contributed by atoms with Crippen molar-refractivity contribution in [3.8, 4) is 11.3 Å². The fourth-order valence-electron chi connectivity index (χ4n) is 5.33. The number of hydrogen-bond donors (Lipinski definition) is 3. The second kappa shape index (κ2) is 11.6. The number of rotatable bonds is 6. The molecule has 0 bridgehead atoms. The average molecular weight is 573 g/mol. The van der Waals surface area contributed by atoms with Crippen LogP contribution in [-0.4, -0.2) is 61.8 Å². The number of aliphatic imine (C=N–C) groups is 1. The van der Waals surface area contributed by atoms with Gasteiger partial charge in [0.1, 0.15) is 11.5 Å². The SMILES string of the molecule is C[C@H](O)c1cc(-c2cc(C(=O)N3CCC[C@H](C(=O)NC/C4=C(\Cl)C/C=C(/F)CC=N4)CC34CC4)[nH]n2)c(F)cn1. The summed E-state index contributed by atoms with van der Waals surface area (Å²) in [7, 11) is 0. The highest BCUT2D eigenvalue weighted by atomic mass is 35.5. The molecule has 1 saturated carbocycles. The minimum Gasteiger partial charge on any atom is -0.387 e. The summed E-state index contributed by atoms with van der Waals surface area (Å²) in [5, 5.41) is 20.0. The zero-order chi connectivity index (χ0) is 28.4. The highest BCUT2D eigenvalue weighted by Gasteiger charge is 2.53. The number of amides is 2. The molecule has 3 N–H and O–H groups in total. The van der Waals surface area contributed by atoms with Crippen molar-refractivity contribution in [3.63, 3.8) is 0 Å². The smallest absolute Gasteiger partial charge is 0.272 e. The number of nitrogens with one attached hydrogen (secondary N) is 2. The van der Waals surface area contributed by atoms with E-state index >= 15 is 0 Å². The van der Waals surface area contributed by atoms with Crippen LogP contribution in [0.5, 0.6) is 0 Å². The maximum atomic E-state index is 14.5. The standard InChI is InChI=1S/C28H31ClF2N6O3/c1-16(38)22-11-19(21(31)14-33-22)23-12-24(36-35-23)27(40)37-10-2-3-17(13-28(37)7-8-28)26(39)34-15-25-20(29)5-4-18(30)6-9-32-25/h4,9,11-12,14,16-17,38H,2-3,5-8,10,13,15H2,1H3,(H,34,39)(H,35,36)/b18-4+,25-20+,32-9?/t16-,17-/m0/s1. The summed E-state index contributed by atoms with van der Waals surface area (Å²) < 4.78 is 28.0. The first-order valence-electron chi connectivity index (χ1n) is 13.4. The molecule has 0 radical (unpaired) electrons. The van der Waals surface area contributed by atoms with Gasteiger partial charge in [-0.1, -0.05) is 11.6 Å². The lowest BCUT2D eigenvalue weighted by atomic mass is 9.94. The number of aliphatic hydroxyl groups is 1. The van der Waals surface area contributed by atoms with Crippen LogP contribution in [0, 0.1) is 11.7 Å². The molecular weight excluding hydrogens is 542 g/mol. The first kappa shape index (κ1) is 28.1. The maximum Gasteiger partial charge on any atom is 0.272 e. The van der Waals surface area contributed by atoms with Gasteiger partial charge in [-0.05, 0) is 57.2 Å². The van der Waals surface area contributed by atoms with Gasteiger partial charge in [-0.25, -0.2) is 8.78 Å². The Morgan fingerprint density at radius 3 is 2.85 bits per heavy atom. The van der Waals surface area contributed by atoms with Gasteiger partial charge in [0.15, 0.2) is 5.82 Å². The molecule has 1 saturated heterocycles. The Balaban J connectivity index is 1.26. The van der Waals surface area contributed by atoms with Gasteiger partial charge in [-0.3, -0.25) is 24.7 Å². The molecule has 2 fully saturated rings. The second-order valence-electron chi connectivity index (χ2n) is 10.6. The third kappa shape index (κ3) is 6.00. The molecule has 5 rings (SSSR count). The van der Waals surface area contributed by atoms with Gasteiger partial charge in [-0.15, -0.1) is 0 Å². The molecule has 3 aliphatic rings. The van der Waals surface area contributed by atoms with Gasteiger partial charge in [0.25, 0.3) is 5.91 Å². The van der Waals surface area contributed by atoms with Gasteiger partial charge < -0.3 is 15.3 Å². The molecule has 1 aliphatic carbocycles. The predicted molar refractivity (Wildman–Crippen MR) is 146 cm³/mol. The number of aromatic amines is 1. The van der Waals surface area contributed by atoms with Crippen molar-refractivity contribution in [2.75, 3.05) is 13.1 Å². The van der Waals surface area contributed by atoms with Crippen LogP contribution in [0.3, 0.4) is 0 Å². The summed E-state index contributed by atoms with van der Waals surface area (Å²) in [6.07, 6.45) is 6.71. The average Bonchev–Trinajstić information content (AvgIpc) is 3.59. The molecule has 4 heterocycles. The molecular formula is C28H31ClF2N6O3. The first-order valence-corrected chi connectivity index (χ1v) is 13.8. The van der Waals surface area contributed by atoms with Crippen molar-refractivity contribution in [3.05, 3.63) is 58.2 Å². The van der Waals surface area contributed by atoms with Crippen molar-refractivity contribution < 1.29 is 23.5 Å². The molecule has 2 aliphatic heterocycles. The summed E-state index contributed by atoms with van der Waals surface area (Å²) in [5.41, 5.74) is 0.997. The van der Waals surface area contributed by atoms with E-state index in [1.54, 1.807) is 0 Å². The quantitative estimate of drug-likeness (QED) is 0.462. The van der Waals surface area contributed by atoms with Crippen molar-refractivity contribution in [2.24, 2.45) is 10.9 Å². The summed E-state index contributed by atoms with van der Waals surface area (Å²) in [6, 6.07) is 2.92. The third-order valence-corrected chi connectivity index (χ3v) is 8.12. The molecule has 0 aromatic carbocycles. The van der Waals surface area contributed by atoms with E-state index in [1.807, 2.05) is 4.90 Å². The molecule has 0 unspecified atom stereocenters. The minimum absolute atomic E-state index is 0.0921. The Hall–Kier alpha value is -3.44.